The van der Waals surface area contributed by atoms with E-state index in [2.05, 4.69) is 26.2 Å². The molecule has 140 valence electrons. The number of rotatable bonds is 6. The van der Waals surface area contributed by atoms with Gasteiger partial charge in [-0.3, -0.25) is 10.1 Å². The van der Waals surface area contributed by atoms with E-state index in [4.69, 9.17) is 4.42 Å². The second-order valence-electron chi connectivity index (χ2n) is 5.74. The maximum atomic E-state index is 12.0. The Morgan fingerprint density at radius 3 is 2.85 bits per heavy atom. The van der Waals surface area contributed by atoms with E-state index < -0.39 is 11.9 Å². The summed E-state index contributed by atoms with van der Waals surface area (Å²) in [7, 11) is 0. The molecule has 2 aromatic heterocycles. The molecule has 0 saturated heterocycles. The van der Waals surface area contributed by atoms with Crippen molar-refractivity contribution in [2.75, 3.05) is 11.1 Å². The Balaban J connectivity index is 1.51. The zero-order chi connectivity index (χ0) is 19.2. The van der Waals surface area contributed by atoms with Crippen molar-refractivity contribution in [2.24, 2.45) is 0 Å². The van der Waals surface area contributed by atoms with Gasteiger partial charge >= 0.3 is 6.03 Å². The zero-order valence-electron chi connectivity index (χ0n) is 14.8. The van der Waals surface area contributed by atoms with E-state index in [0.29, 0.717) is 23.1 Å². The van der Waals surface area contributed by atoms with Crippen molar-refractivity contribution >= 4 is 29.4 Å². The number of aromatic nitrogens is 4. The van der Waals surface area contributed by atoms with Crippen LogP contribution in [0.3, 0.4) is 0 Å². The van der Waals surface area contributed by atoms with Crippen LogP contribution in [0.4, 0.5) is 10.5 Å². The molecule has 2 N–H and O–H groups in total. The third kappa shape index (κ3) is 4.94. The van der Waals surface area contributed by atoms with Gasteiger partial charge in [-0.25, -0.2) is 9.48 Å². The molecule has 10 heteroatoms. The van der Waals surface area contributed by atoms with Crippen LogP contribution in [0.1, 0.15) is 16.9 Å². The minimum Gasteiger partial charge on any atom is -0.467 e. The summed E-state index contributed by atoms with van der Waals surface area (Å²) >= 11 is 1.13. The number of aryl methyl sites for hydroxylation is 1. The van der Waals surface area contributed by atoms with Gasteiger partial charge in [-0.1, -0.05) is 23.9 Å². The van der Waals surface area contributed by atoms with Crippen LogP contribution >= 0.6 is 11.8 Å². The average molecular weight is 386 g/mol. The Kier molecular flexibility index (Phi) is 5.87. The third-order valence-electron chi connectivity index (χ3n) is 3.82. The Morgan fingerprint density at radius 1 is 1.22 bits per heavy atom. The number of carbonyl (C=O) groups is 2. The minimum absolute atomic E-state index is 0.00124. The molecular formula is C17H18N6O3S. The summed E-state index contributed by atoms with van der Waals surface area (Å²) in [6.45, 7) is 4.21. The van der Waals surface area contributed by atoms with E-state index in [1.165, 1.54) is 4.68 Å². The Morgan fingerprint density at radius 2 is 2.07 bits per heavy atom. The molecule has 0 atom stereocenters. The number of imide groups is 1. The maximum absolute atomic E-state index is 12.0. The Labute approximate surface area is 159 Å². The van der Waals surface area contributed by atoms with Crippen LogP contribution in [-0.4, -0.2) is 37.9 Å². The fourth-order valence-corrected chi connectivity index (χ4v) is 2.96. The number of carbonyl (C=O) groups excluding carboxylic acids is 2. The first kappa shape index (κ1) is 18.6. The number of hydrogen-bond acceptors (Lipinski definition) is 7. The van der Waals surface area contributed by atoms with Crippen molar-refractivity contribution in [3.63, 3.8) is 0 Å². The highest BCUT2D eigenvalue weighted by Gasteiger charge is 2.14. The monoisotopic (exact) mass is 386 g/mol. The van der Waals surface area contributed by atoms with Gasteiger partial charge in [-0.2, -0.15) is 0 Å². The second-order valence-corrected chi connectivity index (χ2v) is 6.68. The molecule has 0 aliphatic carbocycles. The van der Waals surface area contributed by atoms with Gasteiger partial charge in [0, 0.05) is 5.69 Å². The lowest BCUT2D eigenvalue weighted by molar-refractivity contribution is -0.117. The quantitative estimate of drug-likeness (QED) is 0.625. The second kappa shape index (κ2) is 8.49. The summed E-state index contributed by atoms with van der Waals surface area (Å²) in [5, 5.41) is 16.8. The Hall–Kier alpha value is -3.14. The van der Waals surface area contributed by atoms with Gasteiger partial charge in [-0.05, 0) is 53.6 Å². The molecule has 0 aliphatic heterocycles. The number of benzene rings is 1. The topological polar surface area (TPSA) is 115 Å². The van der Waals surface area contributed by atoms with Crippen LogP contribution in [0.25, 0.3) is 0 Å². The summed E-state index contributed by atoms with van der Waals surface area (Å²) in [6.07, 6.45) is 1.56. The summed E-state index contributed by atoms with van der Waals surface area (Å²) in [6, 6.07) is 8.57. The molecule has 0 saturated carbocycles. The van der Waals surface area contributed by atoms with Gasteiger partial charge in [0.2, 0.25) is 11.1 Å². The van der Waals surface area contributed by atoms with Crippen molar-refractivity contribution in [3.8, 4) is 0 Å². The molecular weight excluding hydrogens is 368 g/mol. The SMILES string of the molecule is Cc1cccc(NC(=O)NC(=O)CSc2nnnn2Cc2ccco2)c1C. The number of thioether (sulfide) groups is 1. The van der Waals surface area contributed by atoms with E-state index >= 15 is 0 Å². The number of furan rings is 1. The van der Waals surface area contributed by atoms with Gasteiger partial charge in [0.05, 0.1) is 12.0 Å². The van der Waals surface area contributed by atoms with E-state index in [1.807, 2.05) is 26.0 Å². The van der Waals surface area contributed by atoms with Gasteiger partial charge in [-0.15, -0.1) is 5.10 Å². The van der Waals surface area contributed by atoms with Crippen molar-refractivity contribution in [1.29, 1.82) is 0 Å². The van der Waals surface area contributed by atoms with Gasteiger partial charge in [0.25, 0.3) is 0 Å². The molecule has 3 rings (SSSR count). The summed E-state index contributed by atoms with van der Waals surface area (Å²) in [4.78, 5) is 24.0. The van der Waals surface area contributed by atoms with Crippen LogP contribution in [0, 0.1) is 13.8 Å². The van der Waals surface area contributed by atoms with Crippen molar-refractivity contribution in [3.05, 3.63) is 53.5 Å². The fraction of sp³-hybridized carbons (Fsp3) is 0.235. The zero-order valence-corrected chi connectivity index (χ0v) is 15.6. The molecule has 0 spiro atoms. The highest BCUT2D eigenvalue weighted by atomic mass is 32.2. The highest BCUT2D eigenvalue weighted by molar-refractivity contribution is 7.99. The first-order valence-corrected chi connectivity index (χ1v) is 9.10. The largest absolute Gasteiger partial charge is 0.467 e. The van der Waals surface area contributed by atoms with Gasteiger partial charge in [0.1, 0.15) is 12.3 Å². The molecule has 1 aromatic carbocycles. The number of anilines is 1. The van der Waals surface area contributed by atoms with Crippen molar-refractivity contribution in [2.45, 2.75) is 25.5 Å². The number of tetrazole rings is 1. The van der Waals surface area contributed by atoms with Crippen LogP contribution < -0.4 is 10.6 Å². The number of urea groups is 1. The molecule has 0 radical (unpaired) electrons. The van der Waals surface area contributed by atoms with Crippen LogP contribution in [0.15, 0.2) is 46.2 Å². The van der Waals surface area contributed by atoms with Gasteiger partial charge in [0.15, 0.2) is 0 Å². The molecule has 9 nitrogen and oxygen atoms in total. The summed E-state index contributed by atoms with van der Waals surface area (Å²) < 4.78 is 6.78. The van der Waals surface area contributed by atoms with Crippen LogP contribution in [-0.2, 0) is 11.3 Å². The van der Waals surface area contributed by atoms with E-state index in [0.717, 1.165) is 22.9 Å². The maximum Gasteiger partial charge on any atom is 0.325 e. The Bertz CT molecular complexity index is 938. The van der Waals surface area contributed by atoms with Crippen molar-refractivity contribution < 1.29 is 14.0 Å². The molecule has 0 unspecified atom stereocenters. The molecule has 0 bridgehead atoms. The summed E-state index contributed by atoms with van der Waals surface area (Å²) in [5.74, 6) is 0.246. The minimum atomic E-state index is -0.579. The molecule has 3 aromatic rings. The lowest BCUT2D eigenvalue weighted by atomic mass is 10.1. The highest BCUT2D eigenvalue weighted by Crippen LogP contribution is 2.18. The van der Waals surface area contributed by atoms with E-state index in [-0.39, 0.29) is 5.75 Å². The molecule has 2 heterocycles. The third-order valence-corrected chi connectivity index (χ3v) is 4.78. The lowest BCUT2D eigenvalue weighted by Crippen LogP contribution is -2.35. The van der Waals surface area contributed by atoms with Crippen LogP contribution in [0.5, 0.6) is 0 Å². The van der Waals surface area contributed by atoms with Crippen LogP contribution in [0.2, 0.25) is 0 Å². The summed E-state index contributed by atoms with van der Waals surface area (Å²) in [5.41, 5.74) is 2.67. The predicted molar refractivity (Wildman–Crippen MR) is 99.4 cm³/mol. The predicted octanol–water partition coefficient (Wildman–Crippen LogP) is 2.37. The first-order valence-electron chi connectivity index (χ1n) is 8.11. The van der Waals surface area contributed by atoms with E-state index in [9.17, 15) is 9.59 Å². The standard InChI is InChI=1S/C17H18N6O3S/c1-11-5-3-7-14(12(11)2)18-16(25)19-15(24)10-27-17-20-21-22-23(17)9-13-6-4-8-26-13/h3-8H,9-10H2,1-2H3,(H2,18,19,24,25). The molecule has 3 amide bonds. The smallest absolute Gasteiger partial charge is 0.325 e. The fourth-order valence-electron chi connectivity index (χ4n) is 2.28. The molecule has 0 aliphatic rings. The first-order chi connectivity index (χ1) is 13.0. The van der Waals surface area contributed by atoms with Gasteiger partial charge < -0.3 is 9.73 Å². The normalized spacial score (nSPS) is 10.6. The molecule has 0 fully saturated rings. The van der Waals surface area contributed by atoms with E-state index in [1.54, 1.807) is 24.5 Å². The number of nitrogens with one attached hydrogen (secondary N) is 2. The van der Waals surface area contributed by atoms with Crippen molar-refractivity contribution in [1.82, 2.24) is 25.5 Å². The number of nitrogens with zero attached hydrogens (tertiary/aromatic N) is 4. The molecule has 27 heavy (non-hydrogen) atoms. The average Bonchev–Trinajstić information content (AvgIpc) is 3.29. The lowest BCUT2D eigenvalue weighted by Gasteiger charge is -2.10. The number of amides is 3. The number of hydrogen-bond donors (Lipinski definition) is 2.